The number of sulfone groups is 1. The van der Waals surface area contributed by atoms with Gasteiger partial charge in [-0.15, -0.1) is 0 Å². The normalized spacial score (nSPS) is 21.5. The molecule has 1 N–H and O–H groups in total. The zero-order valence-corrected chi connectivity index (χ0v) is 19.8. The molecular weight excluding hydrogens is 428 g/mol. The molecule has 0 saturated carbocycles. The third-order valence-electron chi connectivity index (χ3n) is 6.22. The van der Waals surface area contributed by atoms with Gasteiger partial charge >= 0.3 is 0 Å². The number of rotatable bonds is 6. The van der Waals surface area contributed by atoms with Crippen LogP contribution in [0.1, 0.15) is 42.1 Å². The summed E-state index contributed by atoms with van der Waals surface area (Å²) in [4.78, 5) is 14.8. The van der Waals surface area contributed by atoms with E-state index >= 15 is 0 Å². The van der Waals surface area contributed by atoms with Crippen molar-refractivity contribution in [1.29, 1.82) is 0 Å². The highest BCUT2D eigenvalue weighted by Crippen LogP contribution is 2.27. The summed E-state index contributed by atoms with van der Waals surface area (Å²) in [5, 5.41) is 7.37. The summed E-state index contributed by atoms with van der Waals surface area (Å²) < 4.78 is 31.6. The summed E-state index contributed by atoms with van der Waals surface area (Å²) in [6.07, 6.45) is 2.43. The van der Waals surface area contributed by atoms with E-state index in [1.165, 1.54) is 5.56 Å². The molecule has 0 bridgehead atoms. The molecule has 1 aromatic heterocycles. The summed E-state index contributed by atoms with van der Waals surface area (Å²) in [7, 11) is -3.03. The molecule has 2 aliphatic heterocycles. The zero-order valence-electron chi connectivity index (χ0n) is 19.0. The maximum absolute atomic E-state index is 12.7. The number of aromatic nitrogens is 2. The highest BCUT2D eigenvalue weighted by Gasteiger charge is 2.31. The predicted octanol–water partition coefficient (Wildman–Crippen LogP) is 2.65. The molecule has 1 unspecified atom stereocenters. The van der Waals surface area contributed by atoms with Gasteiger partial charge < -0.3 is 10.1 Å². The lowest BCUT2D eigenvalue weighted by Gasteiger charge is -2.32. The molecule has 32 heavy (non-hydrogen) atoms. The average Bonchev–Trinajstić information content (AvgIpc) is 3.27. The first-order valence-corrected chi connectivity index (χ1v) is 13.0. The number of likely N-dealkylation sites (tertiary alicyclic amines) is 1. The van der Waals surface area contributed by atoms with Crippen LogP contribution in [0, 0.1) is 20.8 Å². The van der Waals surface area contributed by atoms with E-state index in [0.717, 1.165) is 42.9 Å². The van der Waals surface area contributed by atoms with Crippen molar-refractivity contribution in [2.75, 3.05) is 36.5 Å². The van der Waals surface area contributed by atoms with Crippen LogP contribution < -0.4 is 10.1 Å². The number of ether oxygens (including phenoxy) is 1. The fourth-order valence-electron chi connectivity index (χ4n) is 4.44. The molecule has 2 aliphatic rings. The second-order valence-corrected chi connectivity index (χ2v) is 11.3. The highest BCUT2D eigenvalue weighted by molar-refractivity contribution is 7.91. The first kappa shape index (κ1) is 22.8. The van der Waals surface area contributed by atoms with Crippen molar-refractivity contribution in [3.05, 3.63) is 41.1 Å². The first-order valence-electron chi connectivity index (χ1n) is 11.2. The third kappa shape index (κ3) is 5.50. The lowest BCUT2D eigenvalue weighted by Crippen LogP contribution is -2.42. The van der Waals surface area contributed by atoms with Crippen LogP contribution in [0.25, 0.3) is 0 Å². The summed E-state index contributed by atoms with van der Waals surface area (Å²) in [5.74, 6) is 1.65. The molecule has 0 aliphatic carbocycles. The summed E-state index contributed by atoms with van der Waals surface area (Å²) >= 11 is 0. The molecule has 8 nitrogen and oxygen atoms in total. The van der Waals surface area contributed by atoms with Crippen LogP contribution in [0.3, 0.4) is 0 Å². The number of carbonyl (C=O) groups excluding carboxylic acids is 1. The van der Waals surface area contributed by atoms with Gasteiger partial charge in [0, 0.05) is 19.2 Å². The lowest BCUT2D eigenvalue weighted by molar-refractivity contribution is -0.117. The molecule has 2 aromatic rings. The van der Waals surface area contributed by atoms with Crippen LogP contribution >= 0.6 is 0 Å². The van der Waals surface area contributed by atoms with Gasteiger partial charge in [-0.25, -0.2) is 13.1 Å². The highest BCUT2D eigenvalue weighted by atomic mass is 32.2. The van der Waals surface area contributed by atoms with E-state index in [0.29, 0.717) is 18.8 Å². The van der Waals surface area contributed by atoms with E-state index in [9.17, 15) is 13.2 Å². The minimum Gasteiger partial charge on any atom is -0.490 e. The van der Waals surface area contributed by atoms with Crippen molar-refractivity contribution < 1.29 is 17.9 Å². The Morgan fingerprint density at radius 1 is 1.16 bits per heavy atom. The van der Waals surface area contributed by atoms with E-state index in [4.69, 9.17) is 4.74 Å². The van der Waals surface area contributed by atoms with Crippen molar-refractivity contribution in [3.8, 4) is 5.75 Å². The van der Waals surface area contributed by atoms with Crippen LogP contribution in [-0.4, -0.2) is 66.2 Å². The Morgan fingerprint density at radius 2 is 1.91 bits per heavy atom. The molecule has 1 aromatic carbocycles. The van der Waals surface area contributed by atoms with Gasteiger partial charge in [0.25, 0.3) is 0 Å². The number of amides is 1. The monoisotopic (exact) mass is 460 g/mol. The van der Waals surface area contributed by atoms with Crippen LogP contribution in [-0.2, 0) is 14.6 Å². The number of hydrogen-bond acceptors (Lipinski definition) is 6. The van der Waals surface area contributed by atoms with Crippen LogP contribution in [0.2, 0.25) is 0 Å². The van der Waals surface area contributed by atoms with Gasteiger partial charge in [-0.05, 0) is 57.2 Å². The van der Waals surface area contributed by atoms with E-state index < -0.39 is 9.84 Å². The van der Waals surface area contributed by atoms with Crippen molar-refractivity contribution in [2.24, 2.45) is 0 Å². The quantitative estimate of drug-likeness (QED) is 0.712. The van der Waals surface area contributed by atoms with Crippen molar-refractivity contribution in [3.63, 3.8) is 0 Å². The predicted molar refractivity (Wildman–Crippen MR) is 124 cm³/mol. The maximum Gasteiger partial charge on any atom is 0.239 e. The number of piperidine rings is 1. The molecule has 3 heterocycles. The van der Waals surface area contributed by atoms with Crippen LogP contribution in [0.15, 0.2) is 24.3 Å². The number of aryl methyl sites for hydroxylation is 3. The summed E-state index contributed by atoms with van der Waals surface area (Å²) in [6.45, 7) is 7.85. The topological polar surface area (TPSA) is 93.5 Å². The maximum atomic E-state index is 12.7. The first-order chi connectivity index (χ1) is 15.2. The molecule has 2 saturated heterocycles. The third-order valence-corrected chi connectivity index (χ3v) is 7.97. The summed E-state index contributed by atoms with van der Waals surface area (Å²) in [6, 6.07) is 7.82. The minimum absolute atomic E-state index is 0.0743. The van der Waals surface area contributed by atoms with Gasteiger partial charge in [-0.1, -0.05) is 12.1 Å². The van der Waals surface area contributed by atoms with Gasteiger partial charge in [-0.2, -0.15) is 5.10 Å². The van der Waals surface area contributed by atoms with E-state index in [2.05, 4.69) is 47.4 Å². The number of benzene rings is 1. The van der Waals surface area contributed by atoms with Crippen molar-refractivity contribution in [1.82, 2.24) is 14.7 Å². The SMILES string of the molecule is Cc1ccc(C)c(OC2CCN(CC(=O)Nc3cc(C)nn3C3CCS(=O)(=O)C3)CC2)c1. The second-order valence-electron chi connectivity index (χ2n) is 9.08. The molecule has 4 rings (SSSR count). The van der Waals surface area contributed by atoms with Gasteiger partial charge in [0.1, 0.15) is 17.7 Å². The largest absolute Gasteiger partial charge is 0.490 e. The molecule has 9 heteroatoms. The summed E-state index contributed by atoms with van der Waals surface area (Å²) in [5.41, 5.74) is 3.08. The molecule has 2 fully saturated rings. The fraction of sp³-hybridized carbons (Fsp3) is 0.565. The Hall–Kier alpha value is -2.39. The van der Waals surface area contributed by atoms with Gasteiger partial charge in [0.15, 0.2) is 9.84 Å². The Kier molecular flexibility index (Phi) is 6.57. The van der Waals surface area contributed by atoms with E-state index in [1.807, 2.05) is 6.92 Å². The lowest BCUT2D eigenvalue weighted by atomic mass is 10.1. The van der Waals surface area contributed by atoms with E-state index in [-0.39, 0.29) is 29.6 Å². The standard InChI is InChI=1S/C23H32N4O4S/c1-16-4-5-17(2)21(12-16)31-20-6-9-26(10-7-20)14-23(28)24-22-13-18(3)25-27(22)19-8-11-32(29,30)15-19/h4-5,12-13,19-20H,6-11,14-15H2,1-3H3,(H,24,28). The molecule has 0 spiro atoms. The molecule has 174 valence electrons. The Morgan fingerprint density at radius 3 is 2.59 bits per heavy atom. The molecule has 0 radical (unpaired) electrons. The van der Waals surface area contributed by atoms with Crippen molar-refractivity contribution >= 4 is 21.6 Å². The average molecular weight is 461 g/mol. The Balaban J connectivity index is 1.29. The smallest absolute Gasteiger partial charge is 0.239 e. The number of hydrogen-bond donors (Lipinski definition) is 1. The fourth-order valence-corrected chi connectivity index (χ4v) is 6.13. The molecule has 1 amide bonds. The van der Waals surface area contributed by atoms with Crippen LogP contribution in [0.4, 0.5) is 5.82 Å². The van der Waals surface area contributed by atoms with Gasteiger partial charge in [0.05, 0.1) is 29.8 Å². The van der Waals surface area contributed by atoms with Gasteiger partial charge in [-0.3, -0.25) is 9.69 Å². The minimum atomic E-state index is -3.03. The van der Waals surface area contributed by atoms with Gasteiger partial charge in [0.2, 0.25) is 5.91 Å². The number of nitrogens with one attached hydrogen (secondary N) is 1. The number of nitrogens with zero attached hydrogens (tertiary/aromatic N) is 3. The number of carbonyl (C=O) groups is 1. The Bertz CT molecular complexity index is 1090. The molecule has 1 atom stereocenters. The van der Waals surface area contributed by atoms with Crippen molar-refractivity contribution in [2.45, 2.75) is 52.2 Å². The molecular formula is C23H32N4O4S. The second kappa shape index (κ2) is 9.23. The van der Waals surface area contributed by atoms with Crippen LogP contribution in [0.5, 0.6) is 5.75 Å². The Labute approximate surface area is 189 Å². The van der Waals surface area contributed by atoms with E-state index in [1.54, 1.807) is 10.7 Å². The number of anilines is 1. The zero-order chi connectivity index (χ0) is 22.9.